The van der Waals surface area contributed by atoms with Crippen molar-refractivity contribution >= 4 is 5.97 Å². The molecule has 0 aliphatic rings. The average Bonchev–Trinajstić information content (AvgIpc) is 2.05. The van der Waals surface area contributed by atoms with Crippen molar-refractivity contribution in [2.24, 2.45) is 0 Å². The summed E-state index contributed by atoms with van der Waals surface area (Å²) in [6, 6.07) is 7.14. The van der Waals surface area contributed by atoms with E-state index in [0.717, 1.165) is 18.4 Å². The largest absolute Gasteiger partial charge is 0.478 e. The molecule has 0 unspecified atom stereocenters. The zero-order chi connectivity index (χ0) is 8.97. The van der Waals surface area contributed by atoms with Gasteiger partial charge in [-0.2, -0.15) is 0 Å². The third kappa shape index (κ3) is 3.27. The first-order valence-corrected chi connectivity index (χ1v) is 4.07. The van der Waals surface area contributed by atoms with Crippen LogP contribution >= 0.6 is 0 Å². The van der Waals surface area contributed by atoms with Gasteiger partial charge in [0.15, 0.2) is 0 Å². The van der Waals surface area contributed by atoms with E-state index in [1.807, 2.05) is 19.1 Å². The summed E-state index contributed by atoms with van der Waals surface area (Å²) in [5.41, 5.74) is 1.35. The summed E-state index contributed by atoms with van der Waals surface area (Å²) in [6.07, 6.45) is 1.81. The van der Waals surface area contributed by atoms with Crippen LogP contribution in [-0.4, -0.2) is 11.1 Å². The number of carboxylic acids is 1. The van der Waals surface area contributed by atoms with Crippen LogP contribution in [0.3, 0.4) is 0 Å². The minimum Gasteiger partial charge on any atom is -0.478 e. The molecule has 2 nitrogen and oxygen atoms in total. The first kappa shape index (κ1) is 12.3. The second-order valence-corrected chi connectivity index (χ2v) is 2.71. The van der Waals surface area contributed by atoms with Gasteiger partial charge in [0.2, 0.25) is 0 Å². The number of aryl methyl sites for hydroxylation is 1. The Balaban J connectivity index is 0.00000144. The minimum absolute atomic E-state index is 0. The van der Waals surface area contributed by atoms with E-state index in [9.17, 15) is 4.79 Å². The van der Waals surface area contributed by atoms with E-state index in [2.05, 4.69) is 0 Å². The molecule has 0 saturated carbocycles. The van der Waals surface area contributed by atoms with Gasteiger partial charge in [0.1, 0.15) is 0 Å². The maximum Gasteiger partial charge on any atom is 0.335 e. The number of aromatic carboxylic acids is 1. The maximum absolute atomic E-state index is 10.7. The second kappa shape index (κ2) is 5.87. The number of rotatable bonds is 3. The number of benzene rings is 1. The van der Waals surface area contributed by atoms with Gasteiger partial charge in [0, 0.05) is 19.5 Å². The Morgan fingerprint density at radius 1 is 1.38 bits per heavy atom. The van der Waals surface area contributed by atoms with Gasteiger partial charge in [-0.05, 0) is 18.1 Å². The molecule has 0 aliphatic heterocycles. The average molecular weight is 230 g/mol. The summed E-state index contributed by atoms with van der Waals surface area (Å²) >= 11 is 0. The first-order chi connectivity index (χ1) is 5.75. The molecule has 1 aromatic carbocycles. The van der Waals surface area contributed by atoms with Gasteiger partial charge in [-0.3, -0.25) is 0 Å². The number of carboxylic acid groups (broad SMARTS) is 1. The van der Waals surface area contributed by atoms with Crippen LogP contribution in [0.4, 0.5) is 0 Å². The monoisotopic (exact) mass is 228 g/mol. The molecular weight excluding hydrogens is 217 g/mol. The standard InChI is InChI=1S/C10H12O2.Zn/c1-2-5-8-6-3-4-7-9(8)10(11)12;/h3-4,6-7H,2,5H2,1H3,(H,11,12);. The zero-order valence-electron chi connectivity index (χ0n) is 7.79. The Labute approximate surface area is 90.7 Å². The molecule has 0 heterocycles. The van der Waals surface area contributed by atoms with Crippen LogP contribution in [0.2, 0.25) is 0 Å². The Morgan fingerprint density at radius 2 is 2.00 bits per heavy atom. The van der Waals surface area contributed by atoms with Crippen molar-refractivity contribution in [3.05, 3.63) is 35.4 Å². The van der Waals surface area contributed by atoms with E-state index in [1.165, 1.54) is 0 Å². The molecule has 0 bridgehead atoms. The van der Waals surface area contributed by atoms with Crippen molar-refractivity contribution < 1.29 is 29.4 Å². The zero-order valence-corrected chi connectivity index (χ0v) is 10.8. The van der Waals surface area contributed by atoms with Gasteiger partial charge in [-0.1, -0.05) is 31.5 Å². The van der Waals surface area contributed by atoms with Gasteiger partial charge in [0.25, 0.3) is 0 Å². The summed E-state index contributed by atoms with van der Waals surface area (Å²) in [7, 11) is 0. The van der Waals surface area contributed by atoms with Crippen LogP contribution in [0.5, 0.6) is 0 Å². The van der Waals surface area contributed by atoms with Crippen molar-refractivity contribution in [2.75, 3.05) is 0 Å². The van der Waals surface area contributed by atoms with E-state index >= 15 is 0 Å². The fourth-order valence-electron chi connectivity index (χ4n) is 1.22. The molecule has 0 amide bonds. The Kier molecular flexibility index (Phi) is 5.56. The molecule has 13 heavy (non-hydrogen) atoms. The molecule has 3 heteroatoms. The van der Waals surface area contributed by atoms with Gasteiger partial charge in [-0.15, -0.1) is 0 Å². The molecular formula is C10H12O2Zn. The quantitative estimate of drug-likeness (QED) is 0.808. The molecule has 1 aromatic rings. The van der Waals surface area contributed by atoms with E-state index in [1.54, 1.807) is 12.1 Å². The Hall–Kier alpha value is -0.687. The summed E-state index contributed by atoms with van der Waals surface area (Å²) in [6.45, 7) is 2.04. The fourth-order valence-corrected chi connectivity index (χ4v) is 1.22. The molecule has 0 saturated heterocycles. The first-order valence-electron chi connectivity index (χ1n) is 4.07. The van der Waals surface area contributed by atoms with Gasteiger partial charge in [0.05, 0.1) is 5.56 Å². The molecule has 66 valence electrons. The van der Waals surface area contributed by atoms with Crippen LogP contribution in [0.1, 0.15) is 29.3 Å². The number of hydrogen-bond acceptors (Lipinski definition) is 1. The minimum atomic E-state index is -0.834. The summed E-state index contributed by atoms with van der Waals surface area (Å²) in [5.74, 6) is -0.834. The van der Waals surface area contributed by atoms with Crippen LogP contribution in [-0.2, 0) is 25.9 Å². The van der Waals surface area contributed by atoms with Gasteiger partial charge >= 0.3 is 5.97 Å². The Bertz CT molecular complexity index is 284. The molecule has 0 spiro atoms. The number of carbonyl (C=O) groups is 1. The smallest absolute Gasteiger partial charge is 0.335 e. The van der Waals surface area contributed by atoms with E-state index < -0.39 is 5.97 Å². The van der Waals surface area contributed by atoms with E-state index in [-0.39, 0.29) is 19.5 Å². The van der Waals surface area contributed by atoms with Crippen LogP contribution in [0.15, 0.2) is 24.3 Å². The van der Waals surface area contributed by atoms with Gasteiger partial charge < -0.3 is 5.11 Å². The predicted octanol–water partition coefficient (Wildman–Crippen LogP) is 2.33. The molecule has 1 rings (SSSR count). The maximum atomic E-state index is 10.7. The summed E-state index contributed by atoms with van der Waals surface area (Å²) in [4.78, 5) is 10.7. The topological polar surface area (TPSA) is 37.3 Å². The molecule has 0 aliphatic carbocycles. The SMILES string of the molecule is CCCc1ccccc1C(=O)O.[Zn]. The predicted molar refractivity (Wildman–Crippen MR) is 47.4 cm³/mol. The van der Waals surface area contributed by atoms with E-state index in [0.29, 0.717) is 5.56 Å². The Morgan fingerprint density at radius 3 is 2.54 bits per heavy atom. The van der Waals surface area contributed by atoms with Crippen LogP contribution in [0.25, 0.3) is 0 Å². The molecule has 0 fully saturated rings. The number of hydrogen-bond donors (Lipinski definition) is 1. The second-order valence-electron chi connectivity index (χ2n) is 2.71. The van der Waals surface area contributed by atoms with Gasteiger partial charge in [-0.25, -0.2) is 4.79 Å². The van der Waals surface area contributed by atoms with Crippen molar-refractivity contribution in [1.29, 1.82) is 0 Å². The molecule has 1 N–H and O–H groups in total. The normalized spacial score (nSPS) is 9.00. The summed E-state index contributed by atoms with van der Waals surface area (Å²) in [5, 5.41) is 8.79. The van der Waals surface area contributed by atoms with E-state index in [4.69, 9.17) is 5.11 Å². The van der Waals surface area contributed by atoms with Crippen LogP contribution in [0, 0.1) is 0 Å². The molecule has 0 aromatic heterocycles. The van der Waals surface area contributed by atoms with Crippen molar-refractivity contribution in [3.8, 4) is 0 Å². The third-order valence-corrected chi connectivity index (χ3v) is 1.77. The van der Waals surface area contributed by atoms with Crippen molar-refractivity contribution in [2.45, 2.75) is 19.8 Å². The fraction of sp³-hybridized carbons (Fsp3) is 0.300. The van der Waals surface area contributed by atoms with Crippen LogP contribution < -0.4 is 0 Å². The van der Waals surface area contributed by atoms with Crippen molar-refractivity contribution in [3.63, 3.8) is 0 Å². The molecule has 0 atom stereocenters. The summed E-state index contributed by atoms with van der Waals surface area (Å²) < 4.78 is 0. The van der Waals surface area contributed by atoms with Crippen molar-refractivity contribution in [1.82, 2.24) is 0 Å². The molecule has 0 radical (unpaired) electrons. The third-order valence-electron chi connectivity index (χ3n) is 1.77.